The van der Waals surface area contributed by atoms with Gasteiger partial charge in [0.05, 0.1) is 0 Å². The number of carbonyl (C=O) groups excluding carboxylic acids is 1. The zero-order chi connectivity index (χ0) is 19.9. The first-order chi connectivity index (χ1) is 13.5. The number of anilines is 1. The number of guanidine groups is 1. The Bertz CT molecular complexity index is 681. The molecule has 0 aliphatic carbocycles. The van der Waals surface area contributed by atoms with Crippen molar-refractivity contribution in [2.24, 2.45) is 16.8 Å². The Morgan fingerprint density at radius 2 is 2.00 bits per heavy atom. The first-order valence-corrected chi connectivity index (χ1v) is 10.7. The average Bonchev–Trinajstić information content (AvgIpc) is 3.34. The van der Waals surface area contributed by atoms with Crippen LogP contribution in [0, 0.1) is 11.8 Å². The summed E-state index contributed by atoms with van der Waals surface area (Å²) in [6, 6.07) is 8.07. The van der Waals surface area contributed by atoms with E-state index in [1.165, 1.54) is 12.8 Å². The summed E-state index contributed by atoms with van der Waals surface area (Å²) >= 11 is 0. The minimum atomic E-state index is 0.00619. The molecule has 1 aromatic rings. The van der Waals surface area contributed by atoms with Crippen LogP contribution in [-0.2, 0) is 6.54 Å². The van der Waals surface area contributed by atoms with Gasteiger partial charge in [-0.05, 0) is 55.2 Å². The molecule has 2 amide bonds. The summed E-state index contributed by atoms with van der Waals surface area (Å²) in [7, 11) is 1.85. The second kappa shape index (κ2) is 9.80. The molecule has 1 unspecified atom stereocenters. The number of hydrogen-bond acceptors (Lipinski definition) is 2. The van der Waals surface area contributed by atoms with Gasteiger partial charge in [-0.3, -0.25) is 4.99 Å². The van der Waals surface area contributed by atoms with Gasteiger partial charge < -0.3 is 20.4 Å². The molecule has 6 nitrogen and oxygen atoms in total. The summed E-state index contributed by atoms with van der Waals surface area (Å²) < 4.78 is 0. The smallest absolute Gasteiger partial charge is 0.321 e. The van der Waals surface area contributed by atoms with Crippen LogP contribution < -0.4 is 10.6 Å². The maximum Gasteiger partial charge on any atom is 0.321 e. The molecule has 3 rings (SSSR count). The standard InChI is InChI=1S/C22H35N5O/c1-17(2)13-19-9-12-27(16-19)21(23-3)24-15-18-7-6-8-20(14-18)25-22(28)26-10-4-5-11-26/h6-8,14,17,19H,4-5,9-13,15-16H2,1-3H3,(H,23,24)(H,25,28). The number of rotatable bonds is 5. The minimum absolute atomic E-state index is 0.00619. The van der Waals surface area contributed by atoms with Gasteiger partial charge in [-0.2, -0.15) is 0 Å². The van der Waals surface area contributed by atoms with E-state index in [2.05, 4.69) is 40.4 Å². The number of benzene rings is 1. The monoisotopic (exact) mass is 385 g/mol. The summed E-state index contributed by atoms with van der Waals surface area (Å²) in [5.74, 6) is 2.49. The van der Waals surface area contributed by atoms with Crippen molar-refractivity contribution in [1.29, 1.82) is 0 Å². The van der Waals surface area contributed by atoms with Crippen molar-refractivity contribution < 1.29 is 4.79 Å². The van der Waals surface area contributed by atoms with Crippen molar-refractivity contribution in [3.8, 4) is 0 Å². The summed E-state index contributed by atoms with van der Waals surface area (Å²) in [5, 5.41) is 6.51. The van der Waals surface area contributed by atoms with Crippen molar-refractivity contribution in [3.63, 3.8) is 0 Å². The lowest BCUT2D eigenvalue weighted by Gasteiger charge is -2.22. The van der Waals surface area contributed by atoms with Crippen molar-refractivity contribution in [3.05, 3.63) is 29.8 Å². The highest BCUT2D eigenvalue weighted by Gasteiger charge is 2.25. The Kier molecular flexibility index (Phi) is 7.18. The topological polar surface area (TPSA) is 60.0 Å². The predicted octanol–water partition coefficient (Wildman–Crippen LogP) is 3.76. The minimum Gasteiger partial charge on any atom is -0.352 e. The lowest BCUT2D eigenvalue weighted by atomic mass is 9.97. The SMILES string of the molecule is CN=C(NCc1cccc(NC(=O)N2CCCC2)c1)N1CCC(CC(C)C)C1. The van der Waals surface area contributed by atoms with E-state index in [0.717, 1.165) is 68.1 Å². The predicted molar refractivity (Wildman–Crippen MR) is 116 cm³/mol. The van der Waals surface area contributed by atoms with Crippen molar-refractivity contribution >= 4 is 17.7 Å². The van der Waals surface area contributed by atoms with Gasteiger partial charge in [0.25, 0.3) is 0 Å². The molecule has 0 spiro atoms. The lowest BCUT2D eigenvalue weighted by Crippen LogP contribution is -2.39. The van der Waals surface area contributed by atoms with Crippen LogP contribution in [-0.4, -0.2) is 55.0 Å². The number of nitrogens with zero attached hydrogens (tertiary/aromatic N) is 3. The fraction of sp³-hybridized carbons (Fsp3) is 0.636. The number of amides is 2. The highest BCUT2D eigenvalue weighted by molar-refractivity contribution is 5.89. The molecule has 0 bridgehead atoms. The molecule has 2 fully saturated rings. The van der Waals surface area contributed by atoms with Crippen LogP contribution in [0.3, 0.4) is 0 Å². The lowest BCUT2D eigenvalue weighted by molar-refractivity contribution is 0.222. The van der Waals surface area contributed by atoms with E-state index in [9.17, 15) is 4.79 Å². The van der Waals surface area contributed by atoms with Crippen LogP contribution >= 0.6 is 0 Å². The molecule has 154 valence electrons. The fourth-order valence-electron chi connectivity index (χ4n) is 4.28. The number of nitrogens with one attached hydrogen (secondary N) is 2. The number of urea groups is 1. The average molecular weight is 386 g/mol. The van der Waals surface area contributed by atoms with Crippen molar-refractivity contribution in [1.82, 2.24) is 15.1 Å². The van der Waals surface area contributed by atoms with E-state index < -0.39 is 0 Å². The summed E-state index contributed by atoms with van der Waals surface area (Å²) in [5.41, 5.74) is 1.99. The molecule has 2 N–H and O–H groups in total. The van der Waals surface area contributed by atoms with Gasteiger partial charge in [-0.25, -0.2) is 4.79 Å². The highest BCUT2D eigenvalue weighted by Crippen LogP contribution is 2.23. The first-order valence-electron chi connectivity index (χ1n) is 10.7. The van der Waals surface area contributed by atoms with Crippen LogP contribution in [0.1, 0.15) is 45.1 Å². The number of likely N-dealkylation sites (tertiary alicyclic amines) is 2. The first kappa shape index (κ1) is 20.5. The highest BCUT2D eigenvalue weighted by atomic mass is 16.2. The summed E-state index contributed by atoms with van der Waals surface area (Å²) in [6.07, 6.45) is 4.74. The molecule has 2 saturated heterocycles. The third-order valence-electron chi connectivity index (χ3n) is 5.62. The molecular formula is C22H35N5O. The van der Waals surface area contributed by atoms with E-state index in [1.54, 1.807) is 0 Å². The number of hydrogen-bond donors (Lipinski definition) is 2. The Morgan fingerprint density at radius 3 is 2.71 bits per heavy atom. The van der Waals surface area contributed by atoms with Gasteiger partial charge in [0.15, 0.2) is 5.96 Å². The van der Waals surface area contributed by atoms with Gasteiger partial charge in [0.1, 0.15) is 0 Å². The van der Waals surface area contributed by atoms with E-state index >= 15 is 0 Å². The summed E-state index contributed by atoms with van der Waals surface area (Å²) in [6.45, 7) is 9.17. The van der Waals surface area contributed by atoms with E-state index in [0.29, 0.717) is 6.54 Å². The van der Waals surface area contributed by atoms with Gasteiger partial charge >= 0.3 is 6.03 Å². The van der Waals surface area contributed by atoms with Crippen LogP contribution in [0.15, 0.2) is 29.3 Å². The quantitative estimate of drug-likeness (QED) is 0.599. The molecular weight excluding hydrogens is 350 g/mol. The molecule has 1 aromatic carbocycles. The third-order valence-corrected chi connectivity index (χ3v) is 5.62. The maximum absolute atomic E-state index is 12.3. The Hall–Kier alpha value is -2.24. The Morgan fingerprint density at radius 1 is 1.21 bits per heavy atom. The molecule has 2 heterocycles. The third kappa shape index (κ3) is 5.63. The molecule has 1 atom stereocenters. The normalized spacial score (nSPS) is 20.1. The van der Waals surface area contributed by atoms with Crippen LogP contribution in [0.4, 0.5) is 10.5 Å². The van der Waals surface area contributed by atoms with Crippen molar-refractivity contribution in [2.45, 2.75) is 46.1 Å². The molecule has 28 heavy (non-hydrogen) atoms. The molecule has 2 aliphatic heterocycles. The van der Waals surface area contributed by atoms with Gasteiger partial charge in [-0.1, -0.05) is 26.0 Å². The van der Waals surface area contributed by atoms with Gasteiger partial charge in [0, 0.05) is 45.5 Å². The van der Waals surface area contributed by atoms with E-state index in [4.69, 9.17) is 0 Å². The van der Waals surface area contributed by atoms with Gasteiger partial charge in [-0.15, -0.1) is 0 Å². The Labute approximate surface area is 169 Å². The molecule has 0 saturated carbocycles. The van der Waals surface area contributed by atoms with E-state index in [1.807, 2.05) is 30.1 Å². The second-order valence-electron chi connectivity index (χ2n) is 8.46. The summed E-state index contributed by atoms with van der Waals surface area (Å²) in [4.78, 5) is 21.0. The maximum atomic E-state index is 12.3. The molecule has 0 aromatic heterocycles. The van der Waals surface area contributed by atoms with Crippen LogP contribution in [0.2, 0.25) is 0 Å². The molecule has 2 aliphatic rings. The molecule has 0 radical (unpaired) electrons. The zero-order valence-corrected chi connectivity index (χ0v) is 17.6. The number of aliphatic imine (C=N–C) groups is 1. The van der Waals surface area contributed by atoms with Crippen LogP contribution in [0.25, 0.3) is 0 Å². The second-order valence-corrected chi connectivity index (χ2v) is 8.46. The molecule has 6 heteroatoms. The number of carbonyl (C=O) groups is 1. The zero-order valence-electron chi connectivity index (χ0n) is 17.6. The Balaban J connectivity index is 1.51. The van der Waals surface area contributed by atoms with Crippen LogP contribution in [0.5, 0.6) is 0 Å². The van der Waals surface area contributed by atoms with Gasteiger partial charge in [0.2, 0.25) is 0 Å². The van der Waals surface area contributed by atoms with Crippen molar-refractivity contribution in [2.75, 3.05) is 38.5 Å². The largest absolute Gasteiger partial charge is 0.352 e. The van der Waals surface area contributed by atoms with E-state index in [-0.39, 0.29) is 6.03 Å². The fourth-order valence-corrected chi connectivity index (χ4v) is 4.28.